The van der Waals surface area contributed by atoms with Crippen LogP contribution in [-0.2, 0) is 11.2 Å². The molecule has 1 aliphatic heterocycles. The second-order valence-corrected chi connectivity index (χ2v) is 6.22. The van der Waals surface area contributed by atoms with E-state index >= 15 is 0 Å². The van der Waals surface area contributed by atoms with Gasteiger partial charge in [0.1, 0.15) is 6.04 Å². The predicted octanol–water partition coefficient (Wildman–Crippen LogP) is 3.67. The number of nitrogens with zero attached hydrogens (tertiary/aromatic N) is 1. The second kappa shape index (κ2) is 6.87. The molecule has 24 heavy (non-hydrogen) atoms. The maximum absolute atomic E-state index is 12.6. The molecule has 2 aromatic rings. The molecule has 1 amide bonds. The van der Waals surface area contributed by atoms with Crippen molar-refractivity contribution in [3.05, 3.63) is 59.7 Å². The van der Waals surface area contributed by atoms with Crippen LogP contribution in [0.25, 0.3) is 0 Å². The van der Waals surface area contributed by atoms with E-state index in [2.05, 4.69) is 22.3 Å². The molecule has 1 N–H and O–H groups in total. The van der Waals surface area contributed by atoms with Crippen LogP contribution in [0, 0.1) is 0 Å². The molecule has 4 nitrogen and oxygen atoms in total. The number of nitrogens with one attached hydrogen (secondary N) is 1. The van der Waals surface area contributed by atoms with Gasteiger partial charge < -0.3 is 10.2 Å². The third kappa shape index (κ3) is 3.32. The van der Waals surface area contributed by atoms with Gasteiger partial charge in [-0.15, -0.1) is 0 Å². The van der Waals surface area contributed by atoms with E-state index in [0.717, 1.165) is 25.1 Å². The van der Waals surface area contributed by atoms with Crippen molar-refractivity contribution in [1.29, 1.82) is 0 Å². The first-order valence-corrected chi connectivity index (χ1v) is 8.32. The summed E-state index contributed by atoms with van der Waals surface area (Å²) in [6.45, 7) is 4.35. The lowest BCUT2D eigenvalue weighted by atomic mass is 10.00. The van der Waals surface area contributed by atoms with Crippen molar-refractivity contribution >= 4 is 23.1 Å². The third-order valence-corrected chi connectivity index (χ3v) is 4.55. The number of fused-ring (bicyclic) bond motifs is 1. The maximum Gasteiger partial charge on any atom is 0.246 e. The normalized spacial score (nSPS) is 14.7. The Morgan fingerprint density at radius 2 is 1.79 bits per heavy atom. The summed E-state index contributed by atoms with van der Waals surface area (Å²) in [5.74, 6) is -0.0200. The molecule has 2 aromatic carbocycles. The number of rotatable bonds is 4. The summed E-state index contributed by atoms with van der Waals surface area (Å²) in [6, 6.07) is 15.0. The molecule has 1 aliphatic rings. The highest BCUT2D eigenvalue weighted by atomic mass is 16.2. The van der Waals surface area contributed by atoms with Gasteiger partial charge in [0.05, 0.1) is 0 Å². The Bertz CT molecular complexity index is 752. The number of para-hydroxylation sites is 1. The topological polar surface area (TPSA) is 49.4 Å². The SMILES string of the molecule is CC(=O)c1ccc(NC(=O)[C@H](C)N2CCCc3ccccc32)cc1. The van der Waals surface area contributed by atoms with Crippen molar-refractivity contribution in [2.75, 3.05) is 16.8 Å². The lowest BCUT2D eigenvalue weighted by Gasteiger charge is -2.35. The van der Waals surface area contributed by atoms with Crippen molar-refractivity contribution < 1.29 is 9.59 Å². The third-order valence-electron chi connectivity index (χ3n) is 4.55. The van der Waals surface area contributed by atoms with Crippen molar-refractivity contribution in [3.63, 3.8) is 0 Å². The minimum Gasteiger partial charge on any atom is -0.360 e. The van der Waals surface area contributed by atoms with Crippen LogP contribution in [0.2, 0.25) is 0 Å². The van der Waals surface area contributed by atoms with Gasteiger partial charge in [-0.1, -0.05) is 18.2 Å². The standard InChI is InChI=1S/C20H22N2O2/c1-14(22-13-5-7-17-6-3-4-8-19(17)22)20(24)21-18-11-9-16(10-12-18)15(2)23/h3-4,6,8-12,14H,5,7,13H2,1-2H3,(H,21,24)/t14-/m0/s1. The minimum atomic E-state index is -0.251. The molecule has 0 unspecified atom stereocenters. The summed E-state index contributed by atoms with van der Waals surface area (Å²) < 4.78 is 0. The van der Waals surface area contributed by atoms with Gasteiger partial charge in [0.15, 0.2) is 5.78 Å². The van der Waals surface area contributed by atoms with Crippen molar-refractivity contribution in [2.24, 2.45) is 0 Å². The number of carbonyl (C=O) groups excluding carboxylic acids is 2. The van der Waals surface area contributed by atoms with E-state index < -0.39 is 0 Å². The summed E-state index contributed by atoms with van der Waals surface area (Å²) >= 11 is 0. The van der Waals surface area contributed by atoms with Crippen LogP contribution in [0.1, 0.15) is 36.2 Å². The highest BCUT2D eigenvalue weighted by molar-refractivity contribution is 5.98. The van der Waals surface area contributed by atoms with Gasteiger partial charge in [-0.25, -0.2) is 0 Å². The number of benzene rings is 2. The molecule has 0 saturated carbocycles. The predicted molar refractivity (Wildman–Crippen MR) is 96.6 cm³/mol. The fourth-order valence-corrected chi connectivity index (χ4v) is 3.14. The summed E-state index contributed by atoms with van der Waals surface area (Å²) in [6.07, 6.45) is 2.12. The maximum atomic E-state index is 12.6. The van der Waals surface area contributed by atoms with E-state index in [1.807, 2.05) is 19.1 Å². The molecular weight excluding hydrogens is 300 g/mol. The molecule has 0 aliphatic carbocycles. The molecule has 0 bridgehead atoms. The number of ketones is 1. The number of amides is 1. The van der Waals surface area contributed by atoms with Gasteiger partial charge in [0, 0.05) is 23.5 Å². The van der Waals surface area contributed by atoms with Crippen LogP contribution in [-0.4, -0.2) is 24.3 Å². The smallest absolute Gasteiger partial charge is 0.246 e. The Morgan fingerprint density at radius 1 is 1.08 bits per heavy atom. The zero-order valence-electron chi connectivity index (χ0n) is 14.1. The Hall–Kier alpha value is -2.62. The Morgan fingerprint density at radius 3 is 2.50 bits per heavy atom. The quantitative estimate of drug-likeness (QED) is 0.874. The lowest BCUT2D eigenvalue weighted by molar-refractivity contribution is -0.117. The van der Waals surface area contributed by atoms with E-state index in [4.69, 9.17) is 0 Å². The highest BCUT2D eigenvalue weighted by Gasteiger charge is 2.25. The molecule has 0 radical (unpaired) electrons. The lowest BCUT2D eigenvalue weighted by Crippen LogP contribution is -2.44. The number of anilines is 2. The highest BCUT2D eigenvalue weighted by Crippen LogP contribution is 2.28. The molecule has 3 rings (SSSR count). The average molecular weight is 322 g/mol. The summed E-state index contributed by atoms with van der Waals surface area (Å²) in [7, 11) is 0. The Labute approximate surface area is 142 Å². The summed E-state index contributed by atoms with van der Waals surface area (Å²) in [5.41, 5.74) is 3.81. The Balaban J connectivity index is 1.72. The van der Waals surface area contributed by atoms with Crippen LogP contribution in [0.5, 0.6) is 0 Å². The van der Waals surface area contributed by atoms with Gasteiger partial charge in [0.25, 0.3) is 0 Å². The molecule has 124 valence electrons. The molecule has 0 aromatic heterocycles. The van der Waals surface area contributed by atoms with E-state index in [-0.39, 0.29) is 17.7 Å². The van der Waals surface area contributed by atoms with Crippen LogP contribution in [0.15, 0.2) is 48.5 Å². The zero-order chi connectivity index (χ0) is 17.1. The van der Waals surface area contributed by atoms with E-state index in [1.165, 1.54) is 12.5 Å². The number of hydrogen-bond donors (Lipinski definition) is 1. The molecule has 1 heterocycles. The van der Waals surface area contributed by atoms with Crippen molar-refractivity contribution in [2.45, 2.75) is 32.7 Å². The first-order valence-electron chi connectivity index (χ1n) is 8.32. The average Bonchev–Trinajstić information content (AvgIpc) is 2.61. The minimum absolute atomic E-state index is 0.0196. The van der Waals surface area contributed by atoms with Gasteiger partial charge in [-0.05, 0) is 62.6 Å². The second-order valence-electron chi connectivity index (χ2n) is 6.22. The van der Waals surface area contributed by atoms with Crippen LogP contribution in [0.4, 0.5) is 11.4 Å². The van der Waals surface area contributed by atoms with Gasteiger partial charge in [-0.3, -0.25) is 9.59 Å². The van der Waals surface area contributed by atoms with E-state index in [0.29, 0.717) is 11.3 Å². The van der Waals surface area contributed by atoms with Crippen molar-refractivity contribution in [1.82, 2.24) is 0 Å². The first-order chi connectivity index (χ1) is 11.6. The number of Topliss-reactive ketones (excluding diaryl/α,β-unsaturated/α-hetero) is 1. The van der Waals surface area contributed by atoms with Crippen molar-refractivity contribution in [3.8, 4) is 0 Å². The molecule has 0 saturated heterocycles. The largest absolute Gasteiger partial charge is 0.360 e. The molecule has 4 heteroatoms. The van der Waals surface area contributed by atoms with Gasteiger partial charge in [0.2, 0.25) is 5.91 Å². The van der Waals surface area contributed by atoms with E-state index in [9.17, 15) is 9.59 Å². The van der Waals surface area contributed by atoms with Gasteiger partial charge >= 0.3 is 0 Å². The summed E-state index contributed by atoms with van der Waals surface area (Å²) in [5, 5.41) is 2.94. The zero-order valence-corrected chi connectivity index (χ0v) is 14.1. The van der Waals surface area contributed by atoms with Crippen LogP contribution >= 0.6 is 0 Å². The number of carbonyl (C=O) groups is 2. The fraction of sp³-hybridized carbons (Fsp3) is 0.300. The van der Waals surface area contributed by atoms with Crippen LogP contribution in [0.3, 0.4) is 0 Å². The number of aryl methyl sites for hydroxylation is 1. The molecule has 0 fully saturated rings. The van der Waals surface area contributed by atoms with E-state index in [1.54, 1.807) is 24.3 Å². The van der Waals surface area contributed by atoms with Gasteiger partial charge in [-0.2, -0.15) is 0 Å². The molecule has 1 atom stereocenters. The molecule has 0 spiro atoms. The number of hydrogen-bond acceptors (Lipinski definition) is 3. The fourth-order valence-electron chi connectivity index (χ4n) is 3.14. The monoisotopic (exact) mass is 322 g/mol. The first kappa shape index (κ1) is 16.2. The summed E-state index contributed by atoms with van der Waals surface area (Å²) in [4.78, 5) is 26.1. The van der Waals surface area contributed by atoms with Crippen LogP contribution < -0.4 is 10.2 Å². The Kier molecular flexibility index (Phi) is 4.65. The molecular formula is C20H22N2O2.